The van der Waals surface area contributed by atoms with Gasteiger partial charge in [-0.1, -0.05) is 23.5 Å². The molecule has 33 heavy (non-hydrogen) atoms. The summed E-state index contributed by atoms with van der Waals surface area (Å²) in [5.41, 5.74) is 3.55. The van der Waals surface area contributed by atoms with E-state index in [0.29, 0.717) is 35.5 Å². The van der Waals surface area contributed by atoms with Crippen molar-refractivity contribution in [2.75, 3.05) is 26.1 Å². The van der Waals surface area contributed by atoms with Gasteiger partial charge in [0.05, 0.1) is 36.7 Å². The van der Waals surface area contributed by atoms with Crippen LogP contribution in [0.15, 0.2) is 36.4 Å². The molecule has 8 nitrogen and oxygen atoms in total. The molecule has 1 atom stereocenters. The quantitative estimate of drug-likeness (QED) is 0.446. The summed E-state index contributed by atoms with van der Waals surface area (Å²) in [6.07, 6.45) is 0.295. The van der Waals surface area contributed by atoms with Gasteiger partial charge in [-0.2, -0.15) is 9.78 Å². The highest BCUT2D eigenvalue weighted by Gasteiger charge is 2.35. The molecule has 0 spiro atoms. The fourth-order valence-electron chi connectivity index (χ4n) is 4.33. The van der Waals surface area contributed by atoms with E-state index in [1.807, 2.05) is 50.2 Å². The van der Waals surface area contributed by atoms with Crippen molar-refractivity contribution in [3.63, 3.8) is 0 Å². The molecule has 0 bridgehead atoms. The summed E-state index contributed by atoms with van der Waals surface area (Å²) in [6.45, 7) is 4.38. The zero-order valence-corrected chi connectivity index (χ0v) is 19.7. The third kappa shape index (κ3) is 3.58. The Hall–Kier alpha value is -3.59. The summed E-state index contributed by atoms with van der Waals surface area (Å²) in [7, 11) is 3.26. The molecule has 1 aliphatic heterocycles. The van der Waals surface area contributed by atoms with Gasteiger partial charge in [0.2, 0.25) is 11.0 Å². The summed E-state index contributed by atoms with van der Waals surface area (Å²) >= 11 is 1.50. The van der Waals surface area contributed by atoms with E-state index in [1.165, 1.54) is 11.3 Å². The molecule has 1 N–H and O–H groups in total. The minimum Gasteiger partial charge on any atom is -0.497 e. The molecule has 1 aliphatic rings. The first kappa shape index (κ1) is 21.3. The third-order valence-electron chi connectivity index (χ3n) is 5.76. The van der Waals surface area contributed by atoms with Crippen LogP contribution in [0.25, 0.3) is 15.3 Å². The standard InChI is InChI=1S/C24H24N4O4S/c1-5-32-22-15(7-6-8-18(22)31-4)16-12-20(29)26-23-21(16)13(2)27-28(23)24-25-17-10-9-14(30-3)11-19(17)33-24/h6-11,16H,5,12H2,1-4H3,(H,26,29)/t16-/m1/s1. The molecule has 9 heteroatoms. The molecular weight excluding hydrogens is 440 g/mol. The second-order valence-electron chi connectivity index (χ2n) is 7.71. The van der Waals surface area contributed by atoms with Gasteiger partial charge in [0.1, 0.15) is 11.6 Å². The van der Waals surface area contributed by atoms with Gasteiger partial charge in [-0.25, -0.2) is 4.98 Å². The fourth-order valence-corrected chi connectivity index (χ4v) is 5.28. The Morgan fingerprint density at radius 1 is 1.21 bits per heavy atom. The number of fused-ring (bicyclic) bond motifs is 2. The van der Waals surface area contributed by atoms with Gasteiger partial charge in [0, 0.05) is 23.5 Å². The molecule has 0 fully saturated rings. The first-order valence-electron chi connectivity index (χ1n) is 10.7. The summed E-state index contributed by atoms with van der Waals surface area (Å²) in [6, 6.07) is 11.5. The van der Waals surface area contributed by atoms with Gasteiger partial charge in [0.15, 0.2) is 11.5 Å². The van der Waals surface area contributed by atoms with Crippen molar-refractivity contribution in [3.8, 4) is 22.4 Å². The first-order chi connectivity index (χ1) is 16.0. The van der Waals surface area contributed by atoms with Gasteiger partial charge in [0.25, 0.3) is 0 Å². The zero-order chi connectivity index (χ0) is 23.1. The van der Waals surface area contributed by atoms with E-state index < -0.39 is 0 Å². The Balaban J connectivity index is 1.66. The lowest BCUT2D eigenvalue weighted by Crippen LogP contribution is -2.25. The molecule has 1 amide bonds. The van der Waals surface area contributed by atoms with E-state index in [2.05, 4.69) is 5.32 Å². The number of thiazole rings is 1. The molecule has 2 aromatic heterocycles. The number of carbonyl (C=O) groups excluding carboxylic acids is 1. The highest BCUT2D eigenvalue weighted by molar-refractivity contribution is 7.20. The van der Waals surface area contributed by atoms with Crippen LogP contribution in [0.3, 0.4) is 0 Å². The van der Waals surface area contributed by atoms with Crippen LogP contribution in [-0.2, 0) is 4.79 Å². The zero-order valence-electron chi connectivity index (χ0n) is 18.8. The second-order valence-corrected chi connectivity index (χ2v) is 8.72. The number of hydrogen-bond donors (Lipinski definition) is 1. The number of nitrogens with one attached hydrogen (secondary N) is 1. The molecule has 3 heterocycles. The van der Waals surface area contributed by atoms with Crippen LogP contribution in [0.5, 0.6) is 17.2 Å². The monoisotopic (exact) mass is 464 g/mol. The number of nitrogens with zero attached hydrogens (tertiary/aromatic N) is 3. The predicted molar refractivity (Wildman–Crippen MR) is 127 cm³/mol. The minimum atomic E-state index is -0.214. The maximum absolute atomic E-state index is 12.8. The van der Waals surface area contributed by atoms with Crippen molar-refractivity contribution in [1.29, 1.82) is 0 Å². The maximum atomic E-state index is 12.8. The number of ether oxygens (including phenoxy) is 3. The highest BCUT2D eigenvalue weighted by atomic mass is 32.1. The van der Waals surface area contributed by atoms with Crippen molar-refractivity contribution >= 4 is 33.3 Å². The number of anilines is 1. The van der Waals surface area contributed by atoms with Crippen LogP contribution in [0.1, 0.15) is 36.1 Å². The molecule has 0 saturated carbocycles. The first-order valence-corrected chi connectivity index (χ1v) is 11.5. The molecule has 0 unspecified atom stereocenters. The topological polar surface area (TPSA) is 87.5 Å². The smallest absolute Gasteiger partial charge is 0.226 e. The lowest BCUT2D eigenvalue weighted by molar-refractivity contribution is -0.116. The average molecular weight is 465 g/mol. The molecule has 4 aromatic rings. The van der Waals surface area contributed by atoms with Crippen LogP contribution >= 0.6 is 11.3 Å². The van der Waals surface area contributed by atoms with E-state index in [4.69, 9.17) is 24.3 Å². The summed E-state index contributed by atoms with van der Waals surface area (Å²) in [4.78, 5) is 17.6. The number of hydrogen-bond acceptors (Lipinski definition) is 7. The largest absolute Gasteiger partial charge is 0.497 e. The number of para-hydroxylation sites is 1. The van der Waals surface area contributed by atoms with Crippen molar-refractivity contribution in [3.05, 3.63) is 53.2 Å². The third-order valence-corrected chi connectivity index (χ3v) is 6.76. The Morgan fingerprint density at radius 3 is 2.82 bits per heavy atom. The van der Waals surface area contributed by atoms with Crippen molar-refractivity contribution in [2.24, 2.45) is 0 Å². The lowest BCUT2D eigenvalue weighted by atomic mass is 9.85. The maximum Gasteiger partial charge on any atom is 0.226 e. The van der Waals surface area contributed by atoms with E-state index in [-0.39, 0.29) is 11.8 Å². The molecule has 0 radical (unpaired) electrons. The fraction of sp³-hybridized carbons (Fsp3) is 0.292. The Bertz CT molecular complexity index is 1360. The van der Waals surface area contributed by atoms with Gasteiger partial charge < -0.3 is 19.5 Å². The molecule has 5 rings (SSSR count). The van der Waals surface area contributed by atoms with Crippen molar-refractivity contribution < 1.29 is 19.0 Å². The number of aryl methyl sites for hydroxylation is 1. The average Bonchev–Trinajstić information content (AvgIpc) is 3.39. The normalized spacial score (nSPS) is 15.3. The summed E-state index contributed by atoms with van der Waals surface area (Å²) < 4.78 is 19.5. The van der Waals surface area contributed by atoms with Gasteiger partial charge in [-0.15, -0.1) is 0 Å². The van der Waals surface area contributed by atoms with Crippen LogP contribution in [0.2, 0.25) is 0 Å². The lowest BCUT2D eigenvalue weighted by Gasteiger charge is -2.26. The number of carbonyl (C=O) groups is 1. The SMILES string of the molecule is CCOc1c(OC)cccc1[C@H]1CC(=O)Nc2c1c(C)nn2-c1nc2ccc(OC)cc2s1. The highest BCUT2D eigenvalue weighted by Crippen LogP contribution is 2.46. The van der Waals surface area contributed by atoms with Gasteiger partial charge >= 0.3 is 0 Å². The number of amides is 1. The molecule has 2 aromatic carbocycles. The van der Waals surface area contributed by atoms with Crippen LogP contribution in [0.4, 0.5) is 5.82 Å². The Labute approximate surface area is 195 Å². The number of methoxy groups -OCH3 is 2. The summed E-state index contributed by atoms with van der Waals surface area (Å²) in [5, 5.41) is 8.48. The molecule has 0 aliphatic carbocycles. The molecular formula is C24H24N4O4S. The van der Waals surface area contributed by atoms with Crippen molar-refractivity contribution in [1.82, 2.24) is 14.8 Å². The predicted octanol–water partition coefficient (Wildman–Crippen LogP) is 4.68. The van der Waals surface area contributed by atoms with Crippen LogP contribution < -0.4 is 19.5 Å². The van der Waals surface area contributed by atoms with Gasteiger partial charge in [-0.3, -0.25) is 4.79 Å². The van der Waals surface area contributed by atoms with Gasteiger partial charge in [-0.05, 0) is 38.1 Å². The Kier molecular flexibility index (Phi) is 5.41. The number of rotatable bonds is 6. The second kappa shape index (κ2) is 8.40. The van der Waals surface area contributed by atoms with E-state index in [9.17, 15) is 4.79 Å². The van der Waals surface area contributed by atoms with E-state index >= 15 is 0 Å². The molecule has 170 valence electrons. The van der Waals surface area contributed by atoms with Crippen LogP contribution in [-0.4, -0.2) is 41.5 Å². The molecule has 0 saturated heterocycles. The van der Waals surface area contributed by atoms with E-state index in [0.717, 1.165) is 32.8 Å². The Morgan fingerprint density at radius 2 is 2.06 bits per heavy atom. The van der Waals surface area contributed by atoms with Crippen LogP contribution in [0, 0.1) is 6.92 Å². The minimum absolute atomic E-state index is 0.0818. The number of benzene rings is 2. The van der Waals surface area contributed by atoms with E-state index in [1.54, 1.807) is 18.9 Å². The number of aromatic nitrogens is 3. The summed E-state index contributed by atoms with van der Waals surface area (Å²) in [5.74, 6) is 2.42. The van der Waals surface area contributed by atoms with Crippen molar-refractivity contribution in [2.45, 2.75) is 26.2 Å².